The zero-order chi connectivity index (χ0) is 18.8. The first-order chi connectivity index (χ1) is 13.1. The standard InChI is InChI=1S/C20H19FN4O2/c21-14-1-6-17-18(20(27)23-19(17)11-14)12-22-15-2-4-16(5-3-15)25-9-7-24(13-26)8-10-25/h1-6,11-13,22H,7-10H2,(H,23,27). The maximum atomic E-state index is 13.3. The Bertz CT molecular complexity index is 903. The van der Waals surface area contributed by atoms with Gasteiger partial charge >= 0.3 is 0 Å². The number of rotatable bonds is 4. The summed E-state index contributed by atoms with van der Waals surface area (Å²) in [6.07, 6.45) is 2.53. The van der Waals surface area contributed by atoms with Crippen molar-refractivity contribution in [1.29, 1.82) is 0 Å². The molecule has 7 heteroatoms. The van der Waals surface area contributed by atoms with Gasteiger partial charge in [0.05, 0.1) is 11.3 Å². The zero-order valence-corrected chi connectivity index (χ0v) is 14.6. The van der Waals surface area contributed by atoms with Crippen LogP contribution in [0.25, 0.3) is 5.57 Å². The number of benzene rings is 2. The van der Waals surface area contributed by atoms with Crippen molar-refractivity contribution in [2.24, 2.45) is 0 Å². The molecule has 0 atom stereocenters. The summed E-state index contributed by atoms with van der Waals surface area (Å²) in [5.41, 5.74) is 3.58. The fourth-order valence-corrected chi connectivity index (χ4v) is 3.32. The van der Waals surface area contributed by atoms with Crippen LogP contribution in [0, 0.1) is 5.82 Å². The Morgan fingerprint density at radius 2 is 1.78 bits per heavy atom. The van der Waals surface area contributed by atoms with E-state index in [1.165, 1.54) is 12.1 Å². The molecule has 0 radical (unpaired) electrons. The van der Waals surface area contributed by atoms with Crippen molar-refractivity contribution in [3.63, 3.8) is 0 Å². The van der Waals surface area contributed by atoms with Gasteiger partial charge in [-0.25, -0.2) is 4.39 Å². The van der Waals surface area contributed by atoms with E-state index in [0.717, 1.165) is 44.0 Å². The quantitative estimate of drug-likeness (QED) is 0.645. The number of nitrogens with one attached hydrogen (secondary N) is 2. The number of hydrogen-bond acceptors (Lipinski definition) is 4. The summed E-state index contributed by atoms with van der Waals surface area (Å²) in [6, 6.07) is 12.1. The predicted molar refractivity (Wildman–Crippen MR) is 103 cm³/mol. The van der Waals surface area contributed by atoms with Crippen molar-refractivity contribution in [2.75, 3.05) is 41.7 Å². The lowest BCUT2D eigenvalue weighted by molar-refractivity contribution is -0.118. The molecule has 6 nitrogen and oxygen atoms in total. The van der Waals surface area contributed by atoms with E-state index < -0.39 is 0 Å². The number of nitrogens with zero attached hydrogens (tertiary/aromatic N) is 2. The van der Waals surface area contributed by atoms with E-state index in [1.54, 1.807) is 17.2 Å². The maximum absolute atomic E-state index is 13.3. The van der Waals surface area contributed by atoms with Gasteiger partial charge in [-0.3, -0.25) is 9.59 Å². The highest BCUT2D eigenvalue weighted by atomic mass is 19.1. The van der Waals surface area contributed by atoms with Crippen molar-refractivity contribution in [3.8, 4) is 0 Å². The largest absolute Gasteiger partial charge is 0.368 e. The molecule has 4 rings (SSSR count). The molecule has 1 saturated heterocycles. The molecule has 0 aliphatic carbocycles. The van der Waals surface area contributed by atoms with Gasteiger partial charge in [0, 0.05) is 49.3 Å². The Hall–Kier alpha value is -3.35. The van der Waals surface area contributed by atoms with Gasteiger partial charge in [-0.15, -0.1) is 0 Å². The summed E-state index contributed by atoms with van der Waals surface area (Å²) in [6.45, 7) is 3.07. The van der Waals surface area contributed by atoms with Crippen molar-refractivity contribution in [1.82, 2.24) is 4.90 Å². The van der Waals surface area contributed by atoms with Gasteiger partial charge in [0.2, 0.25) is 6.41 Å². The summed E-state index contributed by atoms with van der Waals surface area (Å²) >= 11 is 0. The molecule has 2 aromatic rings. The normalized spacial score (nSPS) is 17.7. The van der Waals surface area contributed by atoms with Crippen molar-refractivity contribution in [2.45, 2.75) is 0 Å². The Labute approximate surface area is 156 Å². The molecule has 2 N–H and O–H groups in total. The highest BCUT2D eigenvalue weighted by Gasteiger charge is 2.24. The van der Waals surface area contributed by atoms with Crippen LogP contribution in [-0.4, -0.2) is 43.4 Å². The molecule has 1 fully saturated rings. The summed E-state index contributed by atoms with van der Waals surface area (Å²) in [4.78, 5) is 26.9. The third kappa shape index (κ3) is 3.48. The van der Waals surface area contributed by atoms with E-state index in [-0.39, 0.29) is 11.7 Å². The minimum atomic E-state index is -0.382. The number of halogens is 1. The number of carbonyl (C=O) groups is 2. The van der Waals surface area contributed by atoms with Gasteiger partial charge in [0.1, 0.15) is 5.82 Å². The van der Waals surface area contributed by atoms with Crippen molar-refractivity contribution < 1.29 is 14.0 Å². The molecule has 138 valence electrons. The highest BCUT2D eigenvalue weighted by molar-refractivity contribution is 6.31. The van der Waals surface area contributed by atoms with Crippen LogP contribution >= 0.6 is 0 Å². The van der Waals surface area contributed by atoms with E-state index in [1.807, 2.05) is 24.3 Å². The van der Waals surface area contributed by atoms with Crippen LogP contribution in [0.3, 0.4) is 0 Å². The van der Waals surface area contributed by atoms with E-state index in [9.17, 15) is 14.0 Å². The van der Waals surface area contributed by atoms with Crippen LogP contribution in [-0.2, 0) is 9.59 Å². The third-order valence-electron chi connectivity index (χ3n) is 4.84. The Morgan fingerprint density at radius 3 is 2.48 bits per heavy atom. The summed E-state index contributed by atoms with van der Waals surface area (Å²) in [5.74, 6) is -0.638. The fourth-order valence-electron chi connectivity index (χ4n) is 3.32. The molecule has 2 aliphatic rings. The monoisotopic (exact) mass is 366 g/mol. The van der Waals surface area contributed by atoms with E-state index in [4.69, 9.17) is 0 Å². The number of anilines is 3. The molecular weight excluding hydrogens is 347 g/mol. The van der Waals surface area contributed by atoms with Crippen LogP contribution < -0.4 is 15.5 Å². The van der Waals surface area contributed by atoms with Crippen molar-refractivity contribution in [3.05, 3.63) is 60.0 Å². The number of amides is 2. The molecule has 27 heavy (non-hydrogen) atoms. The van der Waals surface area contributed by atoms with Crippen LogP contribution in [0.15, 0.2) is 48.7 Å². The minimum Gasteiger partial charge on any atom is -0.368 e. The second-order valence-corrected chi connectivity index (χ2v) is 6.52. The molecule has 2 aromatic carbocycles. The number of carbonyl (C=O) groups excluding carboxylic acids is 2. The number of fused-ring (bicyclic) bond motifs is 1. The maximum Gasteiger partial charge on any atom is 0.257 e. The van der Waals surface area contributed by atoms with E-state index >= 15 is 0 Å². The molecule has 0 spiro atoms. The molecule has 2 amide bonds. The minimum absolute atomic E-state index is 0.257. The number of piperazine rings is 1. The first kappa shape index (κ1) is 17.1. The molecule has 2 aliphatic heterocycles. The van der Waals surface area contributed by atoms with Gasteiger partial charge in [-0.05, 0) is 42.5 Å². The van der Waals surface area contributed by atoms with Crippen molar-refractivity contribution >= 4 is 35.0 Å². The van der Waals surface area contributed by atoms with Crippen LogP contribution in [0.4, 0.5) is 21.5 Å². The summed E-state index contributed by atoms with van der Waals surface area (Å²) in [7, 11) is 0. The lowest BCUT2D eigenvalue weighted by atomic mass is 10.1. The topological polar surface area (TPSA) is 64.7 Å². The molecule has 0 bridgehead atoms. The van der Waals surface area contributed by atoms with Gasteiger partial charge in [0.25, 0.3) is 5.91 Å². The molecule has 0 unspecified atom stereocenters. The molecular formula is C20H19FN4O2. The number of hydrogen-bond donors (Lipinski definition) is 2. The second-order valence-electron chi connectivity index (χ2n) is 6.52. The first-order valence-corrected chi connectivity index (χ1v) is 8.76. The van der Waals surface area contributed by atoms with E-state index in [0.29, 0.717) is 16.8 Å². The SMILES string of the molecule is O=CN1CCN(c2ccc(NC=C3C(=O)Nc4cc(F)ccc43)cc2)CC1. The van der Waals surface area contributed by atoms with Gasteiger partial charge in [-0.2, -0.15) is 0 Å². The zero-order valence-electron chi connectivity index (χ0n) is 14.6. The lowest BCUT2D eigenvalue weighted by Crippen LogP contribution is -2.45. The second kappa shape index (κ2) is 7.11. The molecule has 2 heterocycles. The predicted octanol–water partition coefficient (Wildman–Crippen LogP) is 2.51. The van der Waals surface area contributed by atoms with Crippen LogP contribution in [0.5, 0.6) is 0 Å². The molecule has 0 saturated carbocycles. The summed E-state index contributed by atoms with van der Waals surface area (Å²) < 4.78 is 13.3. The smallest absolute Gasteiger partial charge is 0.257 e. The van der Waals surface area contributed by atoms with Gasteiger partial charge in [0.15, 0.2) is 0 Å². The average molecular weight is 366 g/mol. The lowest BCUT2D eigenvalue weighted by Gasteiger charge is -2.34. The van der Waals surface area contributed by atoms with Crippen LogP contribution in [0.1, 0.15) is 5.56 Å². The third-order valence-corrected chi connectivity index (χ3v) is 4.84. The van der Waals surface area contributed by atoms with E-state index in [2.05, 4.69) is 15.5 Å². The molecule has 0 aromatic heterocycles. The Morgan fingerprint density at radius 1 is 1.04 bits per heavy atom. The Kier molecular flexibility index (Phi) is 4.50. The summed E-state index contributed by atoms with van der Waals surface area (Å²) in [5, 5.41) is 5.79. The average Bonchev–Trinajstić information content (AvgIpc) is 3.01. The Balaban J connectivity index is 1.44. The van der Waals surface area contributed by atoms with Gasteiger partial charge < -0.3 is 20.4 Å². The van der Waals surface area contributed by atoms with Crippen LogP contribution in [0.2, 0.25) is 0 Å². The van der Waals surface area contributed by atoms with Gasteiger partial charge in [-0.1, -0.05) is 0 Å². The first-order valence-electron chi connectivity index (χ1n) is 8.76. The highest BCUT2D eigenvalue weighted by Crippen LogP contribution is 2.32. The fraction of sp³-hybridized carbons (Fsp3) is 0.200.